The summed E-state index contributed by atoms with van der Waals surface area (Å²) < 4.78 is 12.3. The molecule has 1 rings (SSSR count). The number of aromatic nitrogens is 1. The Morgan fingerprint density at radius 3 is 3.00 bits per heavy atom. The minimum absolute atomic E-state index is 0.261. The lowest BCUT2D eigenvalue weighted by Gasteiger charge is -1.86. The lowest BCUT2D eigenvalue weighted by atomic mass is 10.3. The maximum atomic E-state index is 12.3. The predicted octanol–water partition coefficient (Wildman–Crippen LogP) is 0.771. The molecule has 0 saturated carbocycles. The second kappa shape index (κ2) is 3.47. The highest BCUT2D eigenvalue weighted by molar-refractivity contribution is 5.73. The topological polar surface area (TPSA) is 30.0 Å². The molecule has 11 heavy (non-hydrogen) atoms. The van der Waals surface area contributed by atoms with Crippen LogP contribution in [0.15, 0.2) is 18.2 Å². The van der Waals surface area contributed by atoms with Crippen molar-refractivity contribution in [2.75, 3.05) is 0 Å². The second-order valence-electron chi connectivity index (χ2n) is 1.73. The van der Waals surface area contributed by atoms with Crippen molar-refractivity contribution in [3.63, 3.8) is 0 Å². The van der Waals surface area contributed by atoms with Gasteiger partial charge >= 0.3 is 0 Å². The van der Waals surface area contributed by atoms with Crippen LogP contribution in [0.1, 0.15) is 5.69 Å². The summed E-state index contributed by atoms with van der Waals surface area (Å²) in [5.41, 5.74) is 0.261. The summed E-state index contributed by atoms with van der Waals surface area (Å²) in [6.07, 6.45) is 0.437. The number of hydrogen-bond donors (Lipinski definition) is 0. The van der Waals surface area contributed by atoms with Crippen molar-refractivity contribution in [1.29, 1.82) is 0 Å². The van der Waals surface area contributed by atoms with E-state index in [4.69, 9.17) is 0 Å². The van der Waals surface area contributed by atoms with Crippen LogP contribution in [0.5, 0.6) is 0 Å². The zero-order valence-corrected chi connectivity index (χ0v) is 5.54. The fraction of sp³-hybridized carbons (Fsp3) is 0. The standard InChI is InChI=1S/C8H4FNO/c9-8-5-1-3-7(10-8)4-2-6-11/h1,3,5-6H. The zero-order chi connectivity index (χ0) is 8.10. The summed E-state index contributed by atoms with van der Waals surface area (Å²) in [4.78, 5) is 13.2. The van der Waals surface area contributed by atoms with Gasteiger partial charge < -0.3 is 0 Å². The van der Waals surface area contributed by atoms with Crippen molar-refractivity contribution in [1.82, 2.24) is 4.98 Å². The van der Waals surface area contributed by atoms with Crippen LogP contribution < -0.4 is 0 Å². The number of nitrogens with zero attached hydrogens (tertiary/aromatic N) is 1. The van der Waals surface area contributed by atoms with Gasteiger partial charge in [-0.05, 0) is 24.0 Å². The van der Waals surface area contributed by atoms with E-state index in [9.17, 15) is 9.18 Å². The molecular weight excluding hydrogens is 145 g/mol. The van der Waals surface area contributed by atoms with Crippen LogP contribution in [-0.4, -0.2) is 11.3 Å². The molecule has 0 amide bonds. The van der Waals surface area contributed by atoms with Crippen LogP contribution in [0.4, 0.5) is 4.39 Å². The largest absolute Gasteiger partial charge is 0.289 e. The van der Waals surface area contributed by atoms with E-state index >= 15 is 0 Å². The number of aldehydes is 1. The molecule has 0 unspecified atom stereocenters. The molecule has 0 fully saturated rings. The normalized spacial score (nSPS) is 8.09. The smallest absolute Gasteiger partial charge is 0.214 e. The number of pyridine rings is 1. The fourth-order valence-corrected chi connectivity index (χ4v) is 0.581. The highest BCUT2D eigenvalue weighted by Crippen LogP contribution is 1.94. The van der Waals surface area contributed by atoms with Crippen molar-refractivity contribution in [3.8, 4) is 11.8 Å². The highest BCUT2D eigenvalue weighted by atomic mass is 19.1. The Balaban J connectivity index is 2.96. The molecule has 1 aromatic rings. The van der Waals surface area contributed by atoms with E-state index in [0.29, 0.717) is 6.29 Å². The van der Waals surface area contributed by atoms with Gasteiger partial charge in [0.1, 0.15) is 5.69 Å². The molecule has 1 aromatic heterocycles. The molecule has 1 heterocycles. The molecular formula is C8H4FNO. The van der Waals surface area contributed by atoms with Gasteiger partial charge in [-0.2, -0.15) is 4.39 Å². The lowest BCUT2D eigenvalue weighted by molar-refractivity contribution is -0.103. The third kappa shape index (κ3) is 2.18. The van der Waals surface area contributed by atoms with Gasteiger partial charge in [0.15, 0.2) is 6.29 Å². The Bertz CT molecular complexity index is 324. The van der Waals surface area contributed by atoms with Crippen molar-refractivity contribution in [3.05, 3.63) is 29.8 Å². The summed E-state index contributed by atoms with van der Waals surface area (Å²) in [5, 5.41) is 0. The Hall–Kier alpha value is -1.69. The summed E-state index contributed by atoms with van der Waals surface area (Å²) in [6, 6.07) is 4.23. The van der Waals surface area contributed by atoms with Crippen molar-refractivity contribution in [2.45, 2.75) is 0 Å². The van der Waals surface area contributed by atoms with E-state index in [1.54, 1.807) is 0 Å². The Morgan fingerprint density at radius 2 is 2.36 bits per heavy atom. The molecule has 0 aliphatic heterocycles. The Labute approximate surface area is 63.1 Å². The minimum Gasteiger partial charge on any atom is -0.289 e. The van der Waals surface area contributed by atoms with Gasteiger partial charge in [0.25, 0.3) is 0 Å². The van der Waals surface area contributed by atoms with Gasteiger partial charge in [-0.1, -0.05) is 6.07 Å². The van der Waals surface area contributed by atoms with Crippen LogP contribution in [0.3, 0.4) is 0 Å². The lowest BCUT2D eigenvalue weighted by Crippen LogP contribution is -1.85. The Morgan fingerprint density at radius 1 is 1.55 bits per heavy atom. The first-order valence-corrected chi connectivity index (χ1v) is 2.90. The summed E-state index contributed by atoms with van der Waals surface area (Å²) in [6.45, 7) is 0. The van der Waals surface area contributed by atoms with Gasteiger partial charge in [-0.15, -0.1) is 0 Å². The molecule has 3 heteroatoms. The SMILES string of the molecule is O=CC#Cc1cccc(F)n1. The highest BCUT2D eigenvalue weighted by Gasteiger charge is 1.89. The molecule has 0 saturated heterocycles. The van der Waals surface area contributed by atoms with Gasteiger partial charge in [-0.25, -0.2) is 4.98 Å². The van der Waals surface area contributed by atoms with E-state index in [-0.39, 0.29) is 5.69 Å². The zero-order valence-electron chi connectivity index (χ0n) is 5.54. The maximum absolute atomic E-state index is 12.3. The number of hydrogen-bond acceptors (Lipinski definition) is 2. The first-order valence-electron chi connectivity index (χ1n) is 2.90. The average molecular weight is 149 g/mol. The van der Waals surface area contributed by atoms with Crippen LogP contribution in [0.25, 0.3) is 0 Å². The summed E-state index contributed by atoms with van der Waals surface area (Å²) in [5.74, 6) is 3.90. The predicted molar refractivity (Wildman–Crippen MR) is 37.1 cm³/mol. The van der Waals surface area contributed by atoms with Crippen LogP contribution in [0, 0.1) is 17.8 Å². The van der Waals surface area contributed by atoms with Gasteiger partial charge in [0, 0.05) is 0 Å². The molecule has 0 aliphatic rings. The quantitative estimate of drug-likeness (QED) is 0.310. The van der Waals surface area contributed by atoms with E-state index in [1.165, 1.54) is 18.2 Å². The first kappa shape index (κ1) is 7.42. The molecule has 0 aromatic carbocycles. The number of carbonyl (C=O) groups excluding carboxylic acids is 1. The summed E-state index contributed by atoms with van der Waals surface area (Å²) >= 11 is 0. The molecule has 0 radical (unpaired) electrons. The average Bonchev–Trinajstić information content (AvgIpc) is 2.01. The fourth-order valence-electron chi connectivity index (χ4n) is 0.581. The van der Waals surface area contributed by atoms with E-state index in [2.05, 4.69) is 16.8 Å². The molecule has 2 nitrogen and oxygen atoms in total. The summed E-state index contributed by atoms with van der Waals surface area (Å²) in [7, 11) is 0. The Kier molecular flexibility index (Phi) is 2.34. The van der Waals surface area contributed by atoms with Crippen LogP contribution >= 0.6 is 0 Å². The molecule has 0 bridgehead atoms. The second-order valence-corrected chi connectivity index (χ2v) is 1.73. The third-order valence-electron chi connectivity index (χ3n) is 0.974. The monoisotopic (exact) mass is 149 g/mol. The number of rotatable bonds is 0. The third-order valence-corrected chi connectivity index (χ3v) is 0.974. The number of halogens is 1. The molecule has 0 atom stereocenters. The van der Waals surface area contributed by atoms with Gasteiger partial charge in [0.05, 0.1) is 0 Å². The number of carbonyl (C=O) groups is 1. The van der Waals surface area contributed by atoms with Crippen LogP contribution in [-0.2, 0) is 4.79 Å². The van der Waals surface area contributed by atoms with Crippen molar-refractivity contribution in [2.24, 2.45) is 0 Å². The van der Waals surface area contributed by atoms with E-state index < -0.39 is 5.95 Å². The van der Waals surface area contributed by atoms with Crippen molar-refractivity contribution < 1.29 is 9.18 Å². The molecule has 0 N–H and O–H groups in total. The van der Waals surface area contributed by atoms with Crippen LogP contribution in [0.2, 0.25) is 0 Å². The maximum Gasteiger partial charge on any atom is 0.214 e. The van der Waals surface area contributed by atoms with E-state index in [1.807, 2.05) is 0 Å². The molecule has 0 aliphatic carbocycles. The molecule has 0 spiro atoms. The van der Waals surface area contributed by atoms with Crippen molar-refractivity contribution >= 4 is 6.29 Å². The van der Waals surface area contributed by atoms with Gasteiger partial charge in [-0.3, -0.25) is 4.79 Å². The molecule has 54 valence electrons. The van der Waals surface area contributed by atoms with Gasteiger partial charge in [0.2, 0.25) is 5.95 Å². The first-order chi connectivity index (χ1) is 5.33. The van der Waals surface area contributed by atoms with E-state index in [0.717, 1.165) is 0 Å². The minimum atomic E-state index is -0.595.